The van der Waals surface area contributed by atoms with Crippen LogP contribution in [0.3, 0.4) is 0 Å². The number of nitrogens with one attached hydrogen (secondary N) is 1. The smallest absolute Gasteiger partial charge is 0.232 e. The van der Waals surface area contributed by atoms with Gasteiger partial charge in [-0.15, -0.1) is 0 Å². The number of rotatable bonds is 4. The molecule has 18 heavy (non-hydrogen) atoms. The first kappa shape index (κ1) is 15.5. The van der Waals surface area contributed by atoms with Crippen LogP contribution in [0.1, 0.15) is 32.8 Å². The van der Waals surface area contributed by atoms with E-state index in [1.165, 1.54) is 0 Å². The molecule has 0 aliphatic carbocycles. The number of hydrogen-bond donors (Lipinski definition) is 1. The van der Waals surface area contributed by atoms with Crippen molar-refractivity contribution < 1.29 is 8.42 Å². The van der Waals surface area contributed by atoms with Gasteiger partial charge in [-0.3, -0.25) is 4.72 Å². The summed E-state index contributed by atoms with van der Waals surface area (Å²) in [4.78, 5) is 0. The van der Waals surface area contributed by atoms with Crippen molar-refractivity contribution in [2.24, 2.45) is 5.41 Å². The van der Waals surface area contributed by atoms with Gasteiger partial charge < -0.3 is 0 Å². The topological polar surface area (TPSA) is 46.2 Å². The molecule has 0 bridgehead atoms. The Labute approximate surface area is 118 Å². The summed E-state index contributed by atoms with van der Waals surface area (Å²) in [5.74, 6) is 0.141. The molecule has 0 spiro atoms. The summed E-state index contributed by atoms with van der Waals surface area (Å²) >= 11 is 3.39. The normalized spacial score (nSPS) is 12.5. The molecule has 1 rings (SSSR count). The first-order valence-corrected chi connectivity index (χ1v) is 8.31. The van der Waals surface area contributed by atoms with E-state index in [0.29, 0.717) is 12.1 Å². The van der Waals surface area contributed by atoms with Crippen molar-refractivity contribution in [2.75, 3.05) is 10.5 Å². The predicted octanol–water partition coefficient (Wildman–Crippen LogP) is 3.94. The first-order chi connectivity index (χ1) is 8.11. The Morgan fingerprint density at radius 2 is 1.89 bits per heavy atom. The lowest BCUT2D eigenvalue weighted by Crippen LogP contribution is -2.21. The SMILES string of the molecule is Cc1c(Br)cccc1NS(=O)(=O)CCC(C)(C)C. The third-order valence-corrected chi connectivity index (χ3v) is 4.79. The van der Waals surface area contributed by atoms with Crippen LogP contribution < -0.4 is 4.72 Å². The Morgan fingerprint density at radius 1 is 1.28 bits per heavy atom. The molecule has 5 heteroatoms. The van der Waals surface area contributed by atoms with E-state index in [9.17, 15) is 8.42 Å². The molecule has 0 saturated carbocycles. The van der Waals surface area contributed by atoms with Crippen molar-refractivity contribution in [3.05, 3.63) is 28.2 Å². The zero-order chi connectivity index (χ0) is 14.0. The summed E-state index contributed by atoms with van der Waals surface area (Å²) in [6, 6.07) is 5.48. The summed E-state index contributed by atoms with van der Waals surface area (Å²) < 4.78 is 27.5. The van der Waals surface area contributed by atoms with E-state index >= 15 is 0 Å². The fourth-order valence-electron chi connectivity index (χ4n) is 1.38. The summed E-state index contributed by atoms with van der Waals surface area (Å²) in [6.07, 6.45) is 0.634. The monoisotopic (exact) mass is 333 g/mol. The van der Waals surface area contributed by atoms with E-state index in [1.54, 1.807) is 6.07 Å². The molecule has 0 atom stereocenters. The Bertz CT molecular complexity index is 518. The third-order valence-electron chi connectivity index (χ3n) is 2.65. The van der Waals surface area contributed by atoms with Gasteiger partial charge in [0.25, 0.3) is 0 Å². The highest BCUT2D eigenvalue weighted by molar-refractivity contribution is 9.10. The zero-order valence-electron chi connectivity index (χ0n) is 11.2. The molecule has 1 N–H and O–H groups in total. The van der Waals surface area contributed by atoms with Gasteiger partial charge >= 0.3 is 0 Å². The van der Waals surface area contributed by atoms with Crippen LogP contribution in [0.25, 0.3) is 0 Å². The van der Waals surface area contributed by atoms with Crippen LogP contribution in [0, 0.1) is 12.3 Å². The lowest BCUT2D eigenvalue weighted by Gasteiger charge is -2.18. The fourth-order valence-corrected chi connectivity index (χ4v) is 3.28. The predicted molar refractivity (Wildman–Crippen MR) is 80.4 cm³/mol. The lowest BCUT2D eigenvalue weighted by atomic mass is 9.94. The summed E-state index contributed by atoms with van der Waals surface area (Å²) in [7, 11) is -3.28. The molecule has 0 fully saturated rings. The van der Waals surface area contributed by atoms with Crippen LogP contribution in [-0.2, 0) is 10.0 Å². The third kappa shape index (κ3) is 4.98. The standard InChI is InChI=1S/C13H20BrNO2S/c1-10-11(14)6-5-7-12(10)15-18(16,17)9-8-13(2,3)4/h5-7,15H,8-9H2,1-4H3. The molecule has 0 amide bonds. The molecule has 0 aliphatic rings. The highest BCUT2D eigenvalue weighted by Crippen LogP contribution is 2.25. The summed E-state index contributed by atoms with van der Waals surface area (Å²) in [6.45, 7) is 7.98. The molecule has 0 radical (unpaired) electrons. The number of hydrogen-bond acceptors (Lipinski definition) is 2. The van der Waals surface area contributed by atoms with Crippen molar-refractivity contribution in [3.63, 3.8) is 0 Å². The van der Waals surface area contributed by atoms with Crippen LogP contribution >= 0.6 is 15.9 Å². The van der Waals surface area contributed by atoms with Crippen molar-refractivity contribution in [1.29, 1.82) is 0 Å². The molecule has 0 saturated heterocycles. The van der Waals surface area contributed by atoms with E-state index in [2.05, 4.69) is 20.7 Å². The summed E-state index contributed by atoms with van der Waals surface area (Å²) in [5, 5.41) is 0. The van der Waals surface area contributed by atoms with Gasteiger partial charge in [0.05, 0.1) is 11.4 Å². The van der Waals surface area contributed by atoms with Crippen LogP contribution in [0.4, 0.5) is 5.69 Å². The maximum absolute atomic E-state index is 12.0. The molecule has 3 nitrogen and oxygen atoms in total. The van der Waals surface area contributed by atoms with Gasteiger partial charge in [0.1, 0.15) is 0 Å². The average molecular weight is 334 g/mol. The summed E-state index contributed by atoms with van der Waals surface area (Å²) in [5.41, 5.74) is 1.55. The van der Waals surface area contributed by atoms with E-state index in [0.717, 1.165) is 10.0 Å². The molecule has 0 unspecified atom stereocenters. The van der Waals surface area contributed by atoms with Crippen molar-refractivity contribution >= 4 is 31.6 Å². The largest absolute Gasteiger partial charge is 0.283 e. The molecule has 0 aromatic heterocycles. The maximum atomic E-state index is 12.0. The van der Waals surface area contributed by atoms with E-state index in [1.807, 2.05) is 39.8 Å². The van der Waals surface area contributed by atoms with Gasteiger partial charge in [-0.1, -0.05) is 42.8 Å². The molecular weight excluding hydrogens is 314 g/mol. The van der Waals surface area contributed by atoms with Crippen LogP contribution in [-0.4, -0.2) is 14.2 Å². The Kier molecular flexibility index (Phi) is 4.84. The highest BCUT2D eigenvalue weighted by Gasteiger charge is 2.18. The van der Waals surface area contributed by atoms with Gasteiger partial charge in [0.15, 0.2) is 0 Å². The first-order valence-electron chi connectivity index (χ1n) is 5.86. The Hall–Kier alpha value is -0.550. The van der Waals surface area contributed by atoms with Gasteiger partial charge in [-0.25, -0.2) is 8.42 Å². The van der Waals surface area contributed by atoms with Crippen molar-refractivity contribution in [2.45, 2.75) is 34.1 Å². The fraction of sp³-hybridized carbons (Fsp3) is 0.538. The molecule has 0 heterocycles. The molecule has 1 aromatic rings. The van der Waals surface area contributed by atoms with Crippen molar-refractivity contribution in [3.8, 4) is 0 Å². The second-order valence-corrected chi connectivity index (χ2v) is 8.34. The second-order valence-electron chi connectivity index (χ2n) is 5.64. The minimum Gasteiger partial charge on any atom is -0.283 e. The van der Waals surface area contributed by atoms with E-state index in [4.69, 9.17) is 0 Å². The minimum absolute atomic E-state index is 0.0149. The second kappa shape index (κ2) is 5.61. The maximum Gasteiger partial charge on any atom is 0.232 e. The van der Waals surface area contributed by atoms with Gasteiger partial charge in [-0.05, 0) is 36.5 Å². The molecule has 0 aliphatic heterocycles. The quantitative estimate of drug-likeness (QED) is 0.907. The molecule has 102 valence electrons. The zero-order valence-corrected chi connectivity index (χ0v) is 13.7. The van der Waals surface area contributed by atoms with E-state index in [-0.39, 0.29) is 11.2 Å². The van der Waals surface area contributed by atoms with E-state index < -0.39 is 10.0 Å². The highest BCUT2D eigenvalue weighted by atomic mass is 79.9. The number of sulfonamides is 1. The Balaban J connectivity index is 2.80. The van der Waals surface area contributed by atoms with Crippen LogP contribution in [0.15, 0.2) is 22.7 Å². The van der Waals surface area contributed by atoms with Gasteiger partial charge in [0.2, 0.25) is 10.0 Å². The van der Waals surface area contributed by atoms with Gasteiger partial charge in [-0.2, -0.15) is 0 Å². The number of halogens is 1. The Morgan fingerprint density at radius 3 is 2.44 bits per heavy atom. The van der Waals surface area contributed by atoms with Crippen LogP contribution in [0.5, 0.6) is 0 Å². The number of anilines is 1. The molecular formula is C13H20BrNO2S. The molecule has 1 aromatic carbocycles. The number of benzene rings is 1. The van der Waals surface area contributed by atoms with Crippen molar-refractivity contribution in [1.82, 2.24) is 0 Å². The lowest BCUT2D eigenvalue weighted by molar-refractivity contribution is 0.397. The minimum atomic E-state index is -3.28. The van der Waals surface area contributed by atoms with Gasteiger partial charge in [0, 0.05) is 4.47 Å². The van der Waals surface area contributed by atoms with Crippen LogP contribution in [0.2, 0.25) is 0 Å². The average Bonchev–Trinajstić information content (AvgIpc) is 2.21.